The Balaban J connectivity index is 1.82. The van der Waals surface area contributed by atoms with Gasteiger partial charge in [-0.05, 0) is 52.9 Å². The minimum atomic E-state index is -0.622. The van der Waals surface area contributed by atoms with E-state index in [1.807, 2.05) is 46.3 Å². The van der Waals surface area contributed by atoms with E-state index in [2.05, 4.69) is 0 Å². The average molecular weight is 418 g/mol. The lowest BCUT2D eigenvalue weighted by molar-refractivity contribution is 0.100. The molecular formula is C24H16F2N2OS. The van der Waals surface area contributed by atoms with E-state index in [1.54, 1.807) is 23.5 Å². The maximum absolute atomic E-state index is 13.8. The summed E-state index contributed by atoms with van der Waals surface area (Å²) in [5.74, 6) is -1.76. The molecule has 1 amide bonds. The van der Waals surface area contributed by atoms with E-state index in [-0.39, 0.29) is 6.54 Å². The van der Waals surface area contributed by atoms with Gasteiger partial charge in [0.1, 0.15) is 11.6 Å². The third-order valence-electron chi connectivity index (χ3n) is 5.23. The molecular weight excluding hydrogens is 402 g/mol. The Labute approximate surface area is 175 Å². The summed E-state index contributed by atoms with van der Waals surface area (Å²) in [5.41, 5.74) is 9.24. The zero-order chi connectivity index (χ0) is 20.8. The molecule has 0 aliphatic carbocycles. The SMILES string of the molecule is NC(=O)c1cccc2c1c1ccc(-c3cccs3)cc1n2Cc1cc(F)cc(F)c1. The second kappa shape index (κ2) is 7.07. The predicted molar refractivity (Wildman–Crippen MR) is 117 cm³/mol. The van der Waals surface area contributed by atoms with Crippen LogP contribution < -0.4 is 5.73 Å². The van der Waals surface area contributed by atoms with Crippen molar-refractivity contribution >= 4 is 39.0 Å². The standard InChI is InChI=1S/C24H16F2N2OS/c25-16-9-14(10-17(26)12-16)13-28-20-4-1-3-19(24(27)29)23(20)18-7-6-15(11-21(18)28)22-5-2-8-30-22/h1-12H,13H2,(H2,27,29). The van der Waals surface area contributed by atoms with Crippen molar-refractivity contribution in [2.75, 3.05) is 0 Å². The molecule has 0 fully saturated rings. The van der Waals surface area contributed by atoms with Crippen LogP contribution in [0.4, 0.5) is 8.78 Å². The molecule has 0 radical (unpaired) electrons. The molecule has 0 unspecified atom stereocenters. The van der Waals surface area contributed by atoms with Crippen molar-refractivity contribution in [2.45, 2.75) is 6.54 Å². The number of nitrogens with zero attached hydrogens (tertiary/aromatic N) is 1. The van der Waals surface area contributed by atoms with Crippen molar-refractivity contribution in [2.24, 2.45) is 5.73 Å². The van der Waals surface area contributed by atoms with Crippen LogP contribution in [0.25, 0.3) is 32.2 Å². The highest BCUT2D eigenvalue weighted by Gasteiger charge is 2.17. The van der Waals surface area contributed by atoms with Crippen LogP contribution in [0.2, 0.25) is 0 Å². The monoisotopic (exact) mass is 418 g/mol. The highest BCUT2D eigenvalue weighted by atomic mass is 32.1. The van der Waals surface area contributed by atoms with Gasteiger partial charge in [-0.3, -0.25) is 4.79 Å². The third-order valence-corrected chi connectivity index (χ3v) is 6.14. The van der Waals surface area contributed by atoms with Gasteiger partial charge in [-0.1, -0.05) is 24.3 Å². The Kier molecular flexibility index (Phi) is 4.37. The van der Waals surface area contributed by atoms with Gasteiger partial charge in [0, 0.05) is 33.8 Å². The lowest BCUT2D eigenvalue weighted by atomic mass is 10.0. The van der Waals surface area contributed by atoms with Crippen LogP contribution in [-0.4, -0.2) is 10.5 Å². The van der Waals surface area contributed by atoms with Crippen molar-refractivity contribution in [3.8, 4) is 10.4 Å². The second-order valence-electron chi connectivity index (χ2n) is 7.14. The van der Waals surface area contributed by atoms with E-state index in [9.17, 15) is 13.6 Å². The van der Waals surface area contributed by atoms with E-state index >= 15 is 0 Å². The summed E-state index contributed by atoms with van der Waals surface area (Å²) in [6.07, 6.45) is 0. The minimum absolute atomic E-state index is 0.255. The van der Waals surface area contributed by atoms with Gasteiger partial charge in [-0.25, -0.2) is 8.78 Å². The normalized spacial score (nSPS) is 11.4. The number of fused-ring (bicyclic) bond motifs is 3. The third kappa shape index (κ3) is 3.06. The van der Waals surface area contributed by atoms with Crippen LogP contribution in [0.3, 0.4) is 0 Å². The van der Waals surface area contributed by atoms with Gasteiger partial charge in [-0.2, -0.15) is 0 Å². The molecule has 3 aromatic carbocycles. The van der Waals surface area contributed by atoms with E-state index in [0.717, 1.165) is 38.3 Å². The van der Waals surface area contributed by atoms with Crippen molar-refractivity contribution < 1.29 is 13.6 Å². The number of nitrogens with two attached hydrogens (primary N) is 1. The number of benzene rings is 3. The fourth-order valence-corrected chi connectivity index (χ4v) is 4.72. The summed E-state index contributed by atoms with van der Waals surface area (Å²) in [6, 6.07) is 18.9. The molecule has 30 heavy (non-hydrogen) atoms. The fraction of sp³-hybridized carbons (Fsp3) is 0.0417. The van der Waals surface area contributed by atoms with E-state index < -0.39 is 17.5 Å². The summed E-state index contributed by atoms with van der Waals surface area (Å²) >= 11 is 1.63. The summed E-state index contributed by atoms with van der Waals surface area (Å²) in [7, 11) is 0. The smallest absolute Gasteiger partial charge is 0.249 e. The van der Waals surface area contributed by atoms with E-state index in [0.29, 0.717) is 11.1 Å². The molecule has 148 valence electrons. The van der Waals surface area contributed by atoms with Gasteiger partial charge >= 0.3 is 0 Å². The number of hydrogen-bond donors (Lipinski definition) is 1. The Morgan fingerprint density at radius 1 is 0.933 bits per heavy atom. The van der Waals surface area contributed by atoms with Gasteiger partial charge in [0.25, 0.3) is 0 Å². The number of rotatable bonds is 4. The molecule has 0 saturated carbocycles. The van der Waals surface area contributed by atoms with Crippen LogP contribution in [0.1, 0.15) is 15.9 Å². The summed E-state index contributed by atoms with van der Waals surface area (Å²) in [6.45, 7) is 0.255. The molecule has 2 aromatic heterocycles. The van der Waals surface area contributed by atoms with Crippen LogP contribution in [0, 0.1) is 11.6 Å². The van der Waals surface area contributed by atoms with E-state index in [4.69, 9.17) is 5.73 Å². The Bertz CT molecular complexity index is 1400. The second-order valence-corrected chi connectivity index (χ2v) is 8.08. The highest BCUT2D eigenvalue weighted by Crippen LogP contribution is 2.36. The quantitative estimate of drug-likeness (QED) is 0.385. The molecule has 5 rings (SSSR count). The van der Waals surface area contributed by atoms with E-state index in [1.165, 1.54) is 12.1 Å². The van der Waals surface area contributed by atoms with Crippen LogP contribution >= 0.6 is 11.3 Å². The Hall–Kier alpha value is -3.51. The number of carbonyl (C=O) groups excluding carboxylic acids is 1. The van der Waals surface area contributed by atoms with Crippen molar-refractivity contribution in [1.82, 2.24) is 4.57 Å². The molecule has 0 saturated heterocycles. The van der Waals surface area contributed by atoms with Crippen LogP contribution in [0.5, 0.6) is 0 Å². The topological polar surface area (TPSA) is 48.0 Å². The first-order valence-electron chi connectivity index (χ1n) is 9.35. The first-order chi connectivity index (χ1) is 14.5. The summed E-state index contributed by atoms with van der Waals surface area (Å²) in [4.78, 5) is 13.2. The molecule has 2 heterocycles. The van der Waals surface area contributed by atoms with Crippen molar-refractivity contribution in [3.05, 3.63) is 94.9 Å². The first-order valence-corrected chi connectivity index (χ1v) is 10.2. The number of primary amides is 1. The van der Waals surface area contributed by atoms with Gasteiger partial charge in [0.15, 0.2) is 0 Å². The molecule has 2 N–H and O–H groups in total. The molecule has 5 aromatic rings. The molecule has 0 aliphatic rings. The van der Waals surface area contributed by atoms with Gasteiger partial charge < -0.3 is 10.3 Å². The molecule has 0 spiro atoms. The number of halogens is 2. The Morgan fingerprint density at radius 2 is 1.73 bits per heavy atom. The Morgan fingerprint density at radius 3 is 2.43 bits per heavy atom. The van der Waals surface area contributed by atoms with Gasteiger partial charge in [0.2, 0.25) is 5.91 Å². The van der Waals surface area contributed by atoms with Crippen LogP contribution in [-0.2, 0) is 6.54 Å². The van der Waals surface area contributed by atoms with Crippen molar-refractivity contribution in [1.29, 1.82) is 0 Å². The first kappa shape index (κ1) is 18.5. The molecule has 0 atom stereocenters. The minimum Gasteiger partial charge on any atom is -0.366 e. The largest absolute Gasteiger partial charge is 0.366 e. The van der Waals surface area contributed by atoms with Crippen molar-refractivity contribution in [3.63, 3.8) is 0 Å². The van der Waals surface area contributed by atoms with Gasteiger partial charge in [-0.15, -0.1) is 11.3 Å². The maximum Gasteiger partial charge on any atom is 0.249 e. The molecule has 0 aliphatic heterocycles. The zero-order valence-electron chi connectivity index (χ0n) is 15.7. The molecule has 0 bridgehead atoms. The fourth-order valence-electron chi connectivity index (χ4n) is 4.00. The number of thiophene rings is 1. The predicted octanol–water partition coefficient (Wildman–Crippen LogP) is 5.95. The van der Waals surface area contributed by atoms with Gasteiger partial charge in [0.05, 0.1) is 11.0 Å². The lowest BCUT2D eigenvalue weighted by Gasteiger charge is -2.09. The number of hydrogen-bond acceptors (Lipinski definition) is 2. The zero-order valence-corrected chi connectivity index (χ0v) is 16.5. The summed E-state index contributed by atoms with van der Waals surface area (Å²) in [5, 5.41) is 3.63. The number of aromatic nitrogens is 1. The van der Waals surface area contributed by atoms with Crippen LogP contribution in [0.15, 0.2) is 72.1 Å². The number of carbonyl (C=O) groups is 1. The number of amides is 1. The highest BCUT2D eigenvalue weighted by molar-refractivity contribution is 7.13. The lowest BCUT2D eigenvalue weighted by Crippen LogP contribution is -2.11. The molecule has 3 nitrogen and oxygen atoms in total. The average Bonchev–Trinajstić information content (AvgIpc) is 3.34. The molecule has 6 heteroatoms. The maximum atomic E-state index is 13.8. The summed E-state index contributed by atoms with van der Waals surface area (Å²) < 4.78 is 29.6.